The van der Waals surface area contributed by atoms with Crippen molar-refractivity contribution in [2.75, 3.05) is 33.9 Å². The Bertz CT molecular complexity index is 543. The number of nitrogens with zero attached hydrogens (tertiary/aromatic N) is 3. The third-order valence-electron chi connectivity index (χ3n) is 3.16. The van der Waals surface area contributed by atoms with Gasteiger partial charge in [-0.3, -0.25) is 9.87 Å². The molecule has 1 aliphatic heterocycles. The molecular formula is C9H16ClFN4O6S. The Morgan fingerprint density at radius 3 is 2.68 bits per heavy atom. The van der Waals surface area contributed by atoms with E-state index in [4.69, 9.17) is 30.9 Å². The molecule has 3 atom stereocenters. The lowest BCUT2D eigenvalue weighted by molar-refractivity contribution is -0.320. The first-order valence-electron chi connectivity index (χ1n) is 5.87. The summed E-state index contributed by atoms with van der Waals surface area (Å²) in [7, 11) is -3.69. The van der Waals surface area contributed by atoms with Crippen LogP contribution < -0.4 is 5.32 Å². The number of likely N-dealkylation sites (N-methyl/N-ethyl adjacent to an activating group) is 1. The van der Waals surface area contributed by atoms with E-state index in [0.717, 1.165) is 19.2 Å². The van der Waals surface area contributed by atoms with Gasteiger partial charge in [-0.2, -0.15) is 23.1 Å². The lowest BCUT2D eigenvalue weighted by Gasteiger charge is -2.48. The highest BCUT2D eigenvalue weighted by Gasteiger charge is 2.66. The Labute approximate surface area is 131 Å². The predicted octanol–water partition coefficient (Wildman–Crippen LogP) is -1.40. The van der Waals surface area contributed by atoms with Crippen LogP contribution in [0.5, 0.6) is 0 Å². The molecule has 1 rings (SSSR count). The second-order valence-electron chi connectivity index (χ2n) is 4.34. The minimum Gasteiger partial charge on any atom is -0.360 e. The molecule has 0 amide bonds. The van der Waals surface area contributed by atoms with Gasteiger partial charge in [-0.1, -0.05) is 11.6 Å². The molecule has 128 valence electrons. The molecule has 0 aromatic heterocycles. The summed E-state index contributed by atoms with van der Waals surface area (Å²) in [4.78, 5) is 0. The molecule has 0 spiro atoms. The SMILES string of the molecule is COC(NC#N)(N(C)N1CCOC(Cl)C1)C(O)(F)S(=O)(=O)O. The number of morpholine rings is 1. The second-order valence-corrected chi connectivity index (χ2v) is 6.32. The van der Waals surface area contributed by atoms with Gasteiger partial charge >= 0.3 is 15.3 Å². The predicted molar refractivity (Wildman–Crippen MR) is 71.0 cm³/mol. The molecule has 0 saturated carbocycles. The number of nitrogens with one attached hydrogen (secondary N) is 1. The van der Waals surface area contributed by atoms with E-state index in [1.54, 1.807) is 5.32 Å². The highest BCUT2D eigenvalue weighted by Crippen LogP contribution is 2.34. The van der Waals surface area contributed by atoms with E-state index >= 15 is 0 Å². The van der Waals surface area contributed by atoms with Crippen LogP contribution in [0.15, 0.2) is 0 Å². The van der Waals surface area contributed by atoms with Gasteiger partial charge in [0.1, 0.15) is 5.56 Å². The van der Waals surface area contributed by atoms with Crippen molar-refractivity contribution in [3.05, 3.63) is 0 Å². The van der Waals surface area contributed by atoms with Gasteiger partial charge < -0.3 is 14.6 Å². The summed E-state index contributed by atoms with van der Waals surface area (Å²) >= 11 is 5.79. The van der Waals surface area contributed by atoms with Crippen LogP contribution in [-0.4, -0.2) is 78.5 Å². The Morgan fingerprint density at radius 1 is 1.68 bits per heavy atom. The molecule has 3 N–H and O–H groups in total. The van der Waals surface area contributed by atoms with Gasteiger partial charge in [-0.05, 0) is 0 Å². The number of alkyl halides is 2. The fraction of sp³-hybridized carbons (Fsp3) is 0.889. The largest absolute Gasteiger partial charge is 0.398 e. The second kappa shape index (κ2) is 6.77. The fourth-order valence-electron chi connectivity index (χ4n) is 1.98. The normalized spacial score (nSPS) is 26.0. The molecule has 22 heavy (non-hydrogen) atoms. The van der Waals surface area contributed by atoms with E-state index in [9.17, 15) is 17.9 Å². The van der Waals surface area contributed by atoms with Crippen molar-refractivity contribution in [3.63, 3.8) is 0 Å². The van der Waals surface area contributed by atoms with Crippen molar-refractivity contribution < 1.29 is 31.9 Å². The first-order chi connectivity index (χ1) is 10.0. The van der Waals surface area contributed by atoms with Crippen LogP contribution in [-0.2, 0) is 19.6 Å². The molecular weight excluding hydrogens is 347 g/mol. The van der Waals surface area contributed by atoms with Crippen molar-refractivity contribution in [2.24, 2.45) is 0 Å². The lowest BCUT2D eigenvalue weighted by Crippen LogP contribution is -2.75. The van der Waals surface area contributed by atoms with E-state index in [1.807, 2.05) is 0 Å². The van der Waals surface area contributed by atoms with E-state index in [0.29, 0.717) is 0 Å². The lowest BCUT2D eigenvalue weighted by atomic mass is 10.3. The van der Waals surface area contributed by atoms with E-state index < -0.39 is 26.7 Å². The van der Waals surface area contributed by atoms with Crippen LogP contribution in [0.1, 0.15) is 0 Å². The smallest absolute Gasteiger partial charge is 0.360 e. The van der Waals surface area contributed by atoms with Crippen LogP contribution in [0.3, 0.4) is 0 Å². The molecule has 0 aromatic carbocycles. The molecule has 1 saturated heterocycles. The molecule has 0 aromatic rings. The van der Waals surface area contributed by atoms with Gasteiger partial charge in [-0.15, -0.1) is 0 Å². The molecule has 0 bridgehead atoms. The quantitative estimate of drug-likeness (QED) is 0.170. The Kier molecular flexibility index (Phi) is 5.93. The van der Waals surface area contributed by atoms with Gasteiger partial charge in [0, 0.05) is 20.7 Å². The summed E-state index contributed by atoms with van der Waals surface area (Å²) < 4.78 is 55.6. The monoisotopic (exact) mass is 362 g/mol. The molecule has 0 aliphatic carbocycles. The first-order valence-corrected chi connectivity index (χ1v) is 7.75. The number of aliphatic hydroxyl groups is 1. The maximum Gasteiger partial charge on any atom is 0.398 e. The minimum absolute atomic E-state index is 0.0160. The number of ether oxygens (including phenoxy) is 2. The Balaban J connectivity index is 3.30. The molecule has 13 heteroatoms. The molecule has 1 fully saturated rings. The van der Waals surface area contributed by atoms with Gasteiger partial charge in [0.2, 0.25) is 0 Å². The molecule has 0 radical (unpaired) electrons. The van der Waals surface area contributed by atoms with E-state index in [1.165, 1.54) is 11.2 Å². The van der Waals surface area contributed by atoms with Crippen molar-refractivity contribution in [1.29, 1.82) is 5.26 Å². The van der Waals surface area contributed by atoms with Gasteiger partial charge in [-0.25, -0.2) is 5.01 Å². The summed E-state index contributed by atoms with van der Waals surface area (Å²) in [5.74, 6) is -2.94. The zero-order chi connectivity index (χ0) is 17.2. The first kappa shape index (κ1) is 19.3. The zero-order valence-corrected chi connectivity index (χ0v) is 13.3. The molecule has 10 nitrogen and oxygen atoms in total. The topological polar surface area (TPSA) is 135 Å². The number of methoxy groups -OCH3 is 1. The number of halogens is 2. The van der Waals surface area contributed by atoms with E-state index in [2.05, 4.69) is 0 Å². The number of hydrogen-bond donors (Lipinski definition) is 3. The number of nitriles is 1. The maximum atomic E-state index is 14.5. The van der Waals surface area contributed by atoms with Gasteiger partial charge in [0.15, 0.2) is 6.19 Å². The molecule has 1 aliphatic rings. The highest BCUT2D eigenvalue weighted by molar-refractivity contribution is 7.86. The van der Waals surface area contributed by atoms with Crippen LogP contribution >= 0.6 is 11.6 Å². The minimum atomic E-state index is -5.67. The summed E-state index contributed by atoms with van der Waals surface area (Å²) in [6.45, 7) is 0.249. The average molecular weight is 363 g/mol. The standard InChI is InChI=1S/C9H16ClFN4O6S/c1-14(15-3-4-21-7(10)5-15)9(20-2,13-6-12)8(11,16)22(17,18)19/h7,13,16H,3-5H2,1-2H3,(H,17,18,19). The third-order valence-corrected chi connectivity index (χ3v) is 4.39. The summed E-state index contributed by atoms with van der Waals surface area (Å²) in [6, 6.07) is 0. The van der Waals surface area contributed by atoms with Crippen molar-refractivity contribution >= 4 is 21.7 Å². The van der Waals surface area contributed by atoms with Gasteiger partial charge in [0.25, 0.3) is 5.85 Å². The third kappa shape index (κ3) is 3.26. The summed E-state index contributed by atoms with van der Waals surface area (Å²) in [5, 5.41) is 17.9. The van der Waals surface area contributed by atoms with E-state index in [-0.39, 0.29) is 19.7 Å². The molecule has 3 unspecified atom stereocenters. The number of hydrogen-bond acceptors (Lipinski definition) is 9. The van der Waals surface area contributed by atoms with Crippen LogP contribution in [0, 0.1) is 11.5 Å². The number of hydrazine groups is 1. The Morgan fingerprint density at radius 2 is 2.27 bits per heavy atom. The Hall–Kier alpha value is -0.780. The fourth-order valence-corrected chi connectivity index (χ4v) is 2.85. The molecule has 1 heterocycles. The summed E-state index contributed by atoms with van der Waals surface area (Å²) in [5.41, 5.74) is -0.786. The average Bonchev–Trinajstić information content (AvgIpc) is 2.42. The number of rotatable bonds is 6. The van der Waals surface area contributed by atoms with Crippen LogP contribution in [0.25, 0.3) is 0 Å². The van der Waals surface area contributed by atoms with Crippen molar-refractivity contribution in [3.8, 4) is 6.19 Å². The maximum absolute atomic E-state index is 14.5. The highest BCUT2D eigenvalue weighted by atomic mass is 35.5. The van der Waals surface area contributed by atoms with Gasteiger partial charge in [0.05, 0.1) is 13.2 Å². The summed E-state index contributed by atoms with van der Waals surface area (Å²) in [6.07, 6.45) is 1.29. The van der Waals surface area contributed by atoms with Crippen LogP contribution in [0.4, 0.5) is 4.39 Å². The van der Waals surface area contributed by atoms with Crippen molar-refractivity contribution in [2.45, 2.75) is 16.6 Å². The van der Waals surface area contributed by atoms with Crippen molar-refractivity contribution in [1.82, 2.24) is 15.3 Å². The van der Waals surface area contributed by atoms with Crippen LogP contribution in [0.2, 0.25) is 0 Å². The zero-order valence-electron chi connectivity index (χ0n) is 11.7.